The molecule has 1 aliphatic rings. The standard InChI is InChI=1S/C17H21NO3/c1-13(2)9-10-18-17(19)6-4-3-5-14-7-8-15-16(11-14)21-12-20-15/h3-8,11,13H,9-10,12H2,1-2H3,(H,18,19). The molecule has 1 aromatic carbocycles. The van der Waals surface area contributed by atoms with E-state index in [0.717, 1.165) is 23.5 Å². The normalized spacial score (nSPS) is 13.5. The number of amides is 1. The molecule has 1 amide bonds. The molecule has 1 aromatic rings. The number of ether oxygens (including phenoxy) is 2. The van der Waals surface area contributed by atoms with Gasteiger partial charge in [0.15, 0.2) is 11.5 Å². The quantitative estimate of drug-likeness (QED) is 0.646. The Balaban J connectivity index is 1.79. The third-order valence-electron chi connectivity index (χ3n) is 3.06. The van der Waals surface area contributed by atoms with Crippen molar-refractivity contribution < 1.29 is 14.3 Å². The van der Waals surface area contributed by atoms with Gasteiger partial charge in [-0.15, -0.1) is 0 Å². The van der Waals surface area contributed by atoms with Gasteiger partial charge in [0.05, 0.1) is 0 Å². The van der Waals surface area contributed by atoms with Crippen molar-refractivity contribution in [1.29, 1.82) is 0 Å². The zero-order valence-electron chi connectivity index (χ0n) is 12.5. The number of benzene rings is 1. The molecule has 0 saturated heterocycles. The van der Waals surface area contributed by atoms with Gasteiger partial charge in [0.2, 0.25) is 12.7 Å². The molecule has 0 aliphatic carbocycles. The van der Waals surface area contributed by atoms with Crippen molar-refractivity contribution in [3.05, 3.63) is 42.0 Å². The molecule has 4 heteroatoms. The monoisotopic (exact) mass is 287 g/mol. The van der Waals surface area contributed by atoms with Crippen LogP contribution in [0.3, 0.4) is 0 Å². The molecule has 0 fully saturated rings. The maximum atomic E-state index is 11.5. The Hall–Kier alpha value is -2.23. The molecular formula is C17H21NO3. The van der Waals surface area contributed by atoms with Crippen molar-refractivity contribution in [2.75, 3.05) is 13.3 Å². The van der Waals surface area contributed by atoms with Crippen LogP contribution in [0, 0.1) is 5.92 Å². The highest BCUT2D eigenvalue weighted by atomic mass is 16.7. The fraction of sp³-hybridized carbons (Fsp3) is 0.353. The van der Waals surface area contributed by atoms with Crippen molar-refractivity contribution in [1.82, 2.24) is 5.32 Å². The molecule has 0 bridgehead atoms. The molecule has 0 aromatic heterocycles. The number of hydrogen-bond donors (Lipinski definition) is 1. The first-order valence-corrected chi connectivity index (χ1v) is 7.17. The van der Waals surface area contributed by atoms with Gasteiger partial charge in [-0.2, -0.15) is 0 Å². The molecule has 0 spiro atoms. The van der Waals surface area contributed by atoms with Gasteiger partial charge < -0.3 is 14.8 Å². The highest BCUT2D eigenvalue weighted by Gasteiger charge is 2.11. The van der Waals surface area contributed by atoms with Gasteiger partial charge in [0, 0.05) is 12.6 Å². The highest BCUT2D eigenvalue weighted by Crippen LogP contribution is 2.32. The second-order valence-corrected chi connectivity index (χ2v) is 5.30. The fourth-order valence-electron chi connectivity index (χ4n) is 1.87. The SMILES string of the molecule is CC(C)CCNC(=O)C=CC=Cc1ccc2c(c1)OCO2. The summed E-state index contributed by atoms with van der Waals surface area (Å²) in [6.07, 6.45) is 8.01. The largest absolute Gasteiger partial charge is 0.454 e. The zero-order valence-corrected chi connectivity index (χ0v) is 12.5. The summed E-state index contributed by atoms with van der Waals surface area (Å²) >= 11 is 0. The maximum absolute atomic E-state index is 11.5. The molecule has 112 valence electrons. The van der Waals surface area contributed by atoms with E-state index in [-0.39, 0.29) is 12.7 Å². The first-order valence-electron chi connectivity index (χ1n) is 7.17. The van der Waals surface area contributed by atoms with E-state index >= 15 is 0 Å². The predicted octanol–water partition coefficient (Wildman–Crippen LogP) is 3.15. The van der Waals surface area contributed by atoms with Crippen LogP contribution in [0.15, 0.2) is 36.4 Å². The molecule has 1 N–H and O–H groups in total. The lowest BCUT2D eigenvalue weighted by Gasteiger charge is -2.04. The van der Waals surface area contributed by atoms with Gasteiger partial charge >= 0.3 is 0 Å². The van der Waals surface area contributed by atoms with Crippen LogP contribution >= 0.6 is 0 Å². The summed E-state index contributed by atoms with van der Waals surface area (Å²) in [6.45, 7) is 5.26. The van der Waals surface area contributed by atoms with Crippen LogP contribution in [0.1, 0.15) is 25.8 Å². The van der Waals surface area contributed by atoms with E-state index in [1.165, 1.54) is 6.08 Å². The van der Waals surface area contributed by atoms with Crippen LogP contribution in [0.4, 0.5) is 0 Å². The molecule has 0 saturated carbocycles. The first kappa shape index (κ1) is 15.2. The van der Waals surface area contributed by atoms with Gasteiger partial charge in [0.25, 0.3) is 0 Å². The summed E-state index contributed by atoms with van der Waals surface area (Å²) in [6, 6.07) is 5.74. The van der Waals surface area contributed by atoms with Crippen LogP contribution in [0.25, 0.3) is 6.08 Å². The van der Waals surface area contributed by atoms with E-state index in [1.807, 2.05) is 30.4 Å². The third-order valence-corrected chi connectivity index (χ3v) is 3.06. The van der Waals surface area contributed by atoms with E-state index < -0.39 is 0 Å². The fourth-order valence-corrected chi connectivity index (χ4v) is 1.87. The first-order chi connectivity index (χ1) is 10.1. The van der Waals surface area contributed by atoms with E-state index in [0.29, 0.717) is 12.5 Å². The Kier molecular flexibility index (Phi) is 5.43. The Bertz CT molecular complexity index is 547. The molecule has 0 unspecified atom stereocenters. The van der Waals surface area contributed by atoms with Crippen molar-refractivity contribution in [2.24, 2.45) is 5.92 Å². The molecule has 21 heavy (non-hydrogen) atoms. The van der Waals surface area contributed by atoms with E-state index in [2.05, 4.69) is 19.2 Å². The smallest absolute Gasteiger partial charge is 0.243 e. The lowest BCUT2D eigenvalue weighted by molar-refractivity contribution is -0.116. The number of hydrogen-bond acceptors (Lipinski definition) is 3. The second-order valence-electron chi connectivity index (χ2n) is 5.30. The lowest BCUT2D eigenvalue weighted by Crippen LogP contribution is -2.23. The molecule has 2 rings (SSSR count). The van der Waals surface area contributed by atoms with Crippen LogP contribution in [-0.2, 0) is 4.79 Å². The maximum Gasteiger partial charge on any atom is 0.243 e. The number of carbonyl (C=O) groups is 1. The summed E-state index contributed by atoms with van der Waals surface area (Å²) < 4.78 is 10.6. The Morgan fingerprint density at radius 2 is 2.10 bits per heavy atom. The molecule has 4 nitrogen and oxygen atoms in total. The predicted molar refractivity (Wildman–Crippen MR) is 83.2 cm³/mol. The molecular weight excluding hydrogens is 266 g/mol. The average molecular weight is 287 g/mol. The summed E-state index contributed by atoms with van der Waals surface area (Å²) in [5.41, 5.74) is 1.00. The number of carbonyl (C=O) groups excluding carboxylic acids is 1. The minimum Gasteiger partial charge on any atom is -0.454 e. The van der Waals surface area contributed by atoms with Crippen LogP contribution < -0.4 is 14.8 Å². The van der Waals surface area contributed by atoms with E-state index in [9.17, 15) is 4.79 Å². The van der Waals surface area contributed by atoms with Crippen molar-refractivity contribution in [3.63, 3.8) is 0 Å². The summed E-state index contributed by atoms with van der Waals surface area (Å²) in [4.78, 5) is 11.5. The Morgan fingerprint density at radius 3 is 2.90 bits per heavy atom. The molecule has 1 heterocycles. The number of fused-ring (bicyclic) bond motifs is 1. The van der Waals surface area contributed by atoms with Gasteiger partial charge in [-0.1, -0.05) is 38.1 Å². The van der Waals surface area contributed by atoms with Crippen molar-refractivity contribution in [3.8, 4) is 11.5 Å². The Labute approximate surface area is 125 Å². The topological polar surface area (TPSA) is 47.6 Å². The minimum atomic E-state index is -0.0639. The minimum absolute atomic E-state index is 0.0639. The summed E-state index contributed by atoms with van der Waals surface area (Å²) in [7, 11) is 0. The average Bonchev–Trinajstić information content (AvgIpc) is 2.90. The number of allylic oxidation sites excluding steroid dienone is 2. The zero-order chi connectivity index (χ0) is 15.1. The third kappa shape index (κ3) is 4.99. The summed E-state index contributed by atoms with van der Waals surface area (Å²) in [5, 5.41) is 2.85. The van der Waals surface area contributed by atoms with Crippen LogP contribution in [0.2, 0.25) is 0 Å². The van der Waals surface area contributed by atoms with E-state index in [1.54, 1.807) is 6.08 Å². The number of rotatable bonds is 6. The van der Waals surface area contributed by atoms with Crippen LogP contribution in [0.5, 0.6) is 11.5 Å². The van der Waals surface area contributed by atoms with Gasteiger partial charge in [-0.25, -0.2) is 0 Å². The highest BCUT2D eigenvalue weighted by molar-refractivity contribution is 5.87. The molecule has 1 aliphatic heterocycles. The van der Waals surface area contributed by atoms with Gasteiger partial charge in [0.1, 0.15) is 0 Å². The molecule has 0 atom stereocenters. The van der Waals surface area contributed by atoms with Crippen molar-refractivity contribution in [2.45, 2.75) is 20.3 Å². The summed E-state index contributed by atoms with van der Waals surface area (Å²) in [5.74, 6) is 2.06. The van der Waals surface area contributed by atoms with Crippen LogP contribution in [-0.4, -0.2) is 19.2 Å². The molecule has 0 radical (unpaired) electrons. The van der Waals surface area contributed by atoms with Crippen molar-refractivity contribution >= 4 is 12.0 Å². The Morgan fingerprint density at radius 1 is 1.29 bits per heavy atom. The van der Waals surface area contributed by atoms with E-state index in [4.69, 9.17) is 9.47 Å². The lowest BCUT2D eigenvalue weighted by atomic mass is 10.1. The number of nitrogens with one attached hydrogen (secondary N) is 1. The second kappa shape index (κ2) is 7.53. The van der Waals surface area contributed by atoms with Gasteiger partial charge in [-0.3, -0.25) is 4.79 Å². The van der Waals surface area contributed by atoms with Gasteiger partial charge in [-0.05, 0) is 30.0 Å².